The molecule has 0 saturated heterocycles. The number of hydrogen-bond donors (Lipinski definition) is 2. The molecule has 0 aliphatic rings. The van der Waals surface area contributed by atoms with Crippen LogP contribution in [0.25, 0.3) is 0 Å². The molecule has 0 spiro atoms. The fourth-order valence-corrected chi connectivity index (χ4v) is 2.28. The Hall–Kier alpha value is -2.27. The number of alkyl carbamates (subject to hydrolysis) is 1. The minimum absolute atomic E-state index is 0.0421. The van der Waals surface area contributed by atoms with Crippen LogP contribution in [0.15, 0.2) is 40.8 Å². The number of carbonyl (C=O) groups is 1. The third-order valence-corrected chi connectivity index (χ3v) is 3.41. The van der Waals surface area contributed by atoms with E-state index < -0.39 is 11.7 Å². The molecule has 0 radical (unpaired) electrons. The second-order valence-electron chi connectivity index (χ2n) is 5.52. The van der Waals surface area contributed by atoms with Gasteiger partial charge in [-0.1, -0.05) is 30.3 Å². The quantitative estimate of drug-likeness (QED) is 0.890. The van der Waals surface area contributed by atoms with Crippen LogP contribution in [0.5, 0.6) is 0 Å². The topological polar surface area (TPSA) is 71.7 Å². The number of aryl methyl sites for hydroxylation is 2. The van der Waals surface area contributed by atoms with Crippen LogP contribution in [-0.4, -0.2) is 17.7 Å². The highest BCUT2D eigenvalue weighted by molar-refractivity contribution is 5.67. The molecule has 1 atom stereocenters. The van der Waals surface area contributed by atoms with Crippen molar-refractivity contribution < 1.29 is 19.1 Å². The summed E-state index contributed by atoms with van der Waals surface area (Å²) in [6.07, 6.45) is -0.568. The Morgan fingerprint density at radius 1 is 1.32 bits per heavy atom. The third-order valence-electron chi connectivity index (χ3n) is 3.41. The van der Waals surface area contributed by atoms with Crippen LogP contribution in [0.2, 0.25) is 0 Å². The number of amides is 1. The molecule has 2 N–H and O–H groups in total. The Kier molecular flexibility index (Phi) is 4.88. The van der Waals surface area contributed by atoms with E-state index in [1.807, 2.05) is 37.3 Å². The summed E-state index contributed by atoms with van der Waals surface area (Å²) in [5.41, 5.74) is 0.354. The van der Waals surface area contributed by atoms with Crippen molar-refractivity contribution in [3.8, 4) is 0 Å². The van der Waals surface area contributed by atoms with Crippen LogP contribution >= 0.6 is 0 Å². The van der Waals surface area contributed by atoms with Crippen molar-refractivity contribution in [1.29, 1.82) is 0 Å². The summed E-state index contributed by atoms with van der Waals surface area (Å²) < 4.78 is 10.5. The van der Waals surface area contributed by atoms with Crippen molar-refractivity contribution in [3.63, 3.8) is 0 Å². The highest BCUT2D eigenvalue weighted by Gasteiger charge is 2.28. The maximum Gasteiger partial charge on any atom is 0.407 e. The van der Waals surface area contributed by atoms with E-state index in [2.05, 4.69) is 5.32 Å². The number of rotatable bonds is 5. The van der Waals surface area contributed by atoms with E-state index in [0.29, 0.717) is 11.3 Å². The first-order valence-electron chi connectivity index (χ1n) is 7.13. The summed E-state index contributed by atoms with van der Waals surface area (Å²) >= 11 is 0. The van der Waals surface area contributed by atoms with Gasteiger partial charge in [0.15, 0.2) is 0 Å². The van der Waals surface area contributed by atoms with Crippen LogP contribution in [-0.2, 0) is 16.9 Å². The monoisotopic (exact) mass is 303 g/mol. The third kappa shape index (κ3) is 4.11. The molecule has 5 nitrogen and oxygen atoms in total. The molecule has 0 aliphatic carbocycles. The van der Waals surface area contributed by atoms with E-state index in [1.54, 1.807) is 19.9 Å². The average Bonchev–Trinajstić information content (AvgIpc) is 2.84. The molecule has 2 aromatic rings. The molecule has 0 aliphatic heterocycles. The number of hydrogen-bond acceptors (Lipinski definition) is 4. The summed E-state index contributed by atoms with van der Waals surface area (Å²) in [5, 5.41) is 13.1. The zero-order valence-corrected chi connectivity index (χ0v) is 13.1. The van der Waals surface area contributed by atoms with Gasteiger partial charge in [0.25, 0.3) is 0 Å². The summed E-state index contributed by atoms with van der Waals surface area (Å²) in [6, 6.07) is 11.2. The summed E-state index contributed by atoms with van der Waals surface area (Å²) in [5.74, 6) is 1.36. The van der Waals surface area contributed by atoms with Crippen molar-refractivity contribution >= 4 is 6.09 Å². The van der Waals surface area contributed by atoms with Crippen LogP contribution in [0, 0.1) is 13.8 Å². The Morgan fingerprint density at radius 2 is 2.00 bits per heavy atom. The Morgan fingerprint density at radius 3 is 2.59 bits per heavy atom. The van der Waals surface area contributed by atoms with Gasteiger partial charge >= 0.3 is 6.09 Å². The molecule has 1 unspecified atom stereocenters. The smallest absolute Gasteiger partial charge is 0.407 e. The largest absolute Gasteiger partial charge is 0.466 e. The molecule has 2 rings (SSSR count). The van der Waals surface area contributed by atoms with Crippen molar-refractivity contribution in [3.05, 3.63) is 59.0 Å². The number of benzene rings is 1. The van der Waals surface area contributed by atoms with Crippen molar-refractivity contribution in [2.75, 3.05) is 6.54 Å². The van der Waals surface area contributed by atoms with E-state index in [9.17, 15) is 9.90 Å². The lowest BCUT2D eigenvalue weighted by Gasteiger charge is -2.23. The van der Waals surface area contributed by atoms with Gasteiger partial charge in [-0.15, -0.1) is 0 Å². The fourth-order valence-electron chi connectivity index (χ4n) is 2.28. The highest BCUT2D eigenvalue weighted by Crippen LogP contribution is 2.26. The van der Waals surface area contributed by atoms with Gasteiger partial charge in [-0.05, 0) is 32.4 Å². The first kappa shape index (κ1) is 16.1. The van der Waals surface area contributed by atoms with Gasteiger partial charge in [0.2, 0.25) is 0 Å². The van der Waals surface area contributed by atoms with Crippen molar-refractivity contribution in [2.45, 2.75) is 33.0 Å². The number of aliphatic hydroxyl groups is 1. The lowest BCUT2D eigenvalue weighted by atomic mass is 9.96. The standard InChI is InChI=1S/C17H21NO4/c1-12-9-15(13(2)22-12)17(3,20)11-18-16(19)21-10-14-7-5-4-6-8-14/h4-9,20H,10-11H2,1-3H3,(H,18,19). The van der Waals surface area contributed by atoms with Gasteiger partial charge < -0.3 is 19.6 Å². The first-order valence-corrected chi connectivity index (χ1v) is 7.13. The Bertz CT molecular complexity index is 631. The van der Waals surface area contributed by atoms with Gasteiger partial charge in [-0.3, -0.25) is 0 Å². The molecule has 5 heteroatoms. The zero-order valence-electron chi connectivity index (χ0n) is 13.1. The SMILES string of the molecule is Cc1cc(C(C)(O)CNC(=O)OCc2ccccc2)c(C)o1. The van der Waals surface area contributed by atoms with E-state index in [4.69, 9.17) is 9.15 Å². The van der Waals surface area contributed by atoms with Crippen LogP contribution in [0.4, 0.5) is 4.79 Å². The highest BCUT2D eigenvalue weighted by atomic mass is 16.5. The fraction of sp³-hybridized carbons (Fsp3) is 0.353. The summed E-state index contributed by atoms with van der Waals surface area (Å²) in [4.78, 5) is 11.7. The second-order valence-corrected chi connectivity index (χ2v) is 5.52. The first-order chi connectivity index (χ1) is 10.4. The molecule has 0 saturated carbocycles. The predicted octanol–water partition coefficient (Wildman–Crippen LogP) is 3.03. The van der Waals surface area contributed by atoms with Gasteiger partial charge in [0, 0.05) is 5.56 Å². The number of carbonyl (C=O) groups excluding carboxylic acids is 1. The predicted molar refractivity (Wildman–Crippen MR) is 82.4 cm³/mol. The van der Waals surface area contributed by atoms with Gasteiger partial charge in [0.05, 0.1) is 6.54 Å². The average molecular weight is 303 g/mol. The second kappa shape index (κ2) is 6.66. The lowest BCUT2D eigenvalue weighted by Crippen LogP contribution is -2.39. The molecule has 1 amide bonds. The molecule has 0 bridgehead atoms. The summed E-state index contributed by atoms with van der Waals surface area (Å²) in [6.45, 7) is 5.46. The number of furan rings is 1. The van der Waals surface area contributed by atoms with Gasteiger partial charge in [-0.2, -0.15) is 0 Å². The maximum absolute atomic E-state index is 11.7. The van der Waals surface area contributed by atoms with E-state index in [-0.39, 0.29) is 13.2 Å². The van der Waals surface area contributed by atoms with Crippen molar-refractivity contribution in [2.24, 2.45) is 0 Å². The van der Waals surface area contributed by atoms with E-state index in [0.717, 1.165) is 11.3 Å². The molecule has 22 heavy (non-hydrogen) atoms. The molecule has 118 valence electrons. The van der Waals surface area contributed by atoms with Crippen LogP contribution < -0.4 is 5.32 Å². The summed E-state index contributed by atoms with van der Waals surface area (Å²) in [7, 11) is 0. The molecular weight excluding hydrogens is 282 g/mol. The van der Waals surface area contributed by atoms with E-state index >= 15 is 0 Å². The lowest BCUT2D eigenvalue weighted by molar-refractivity contribution is 0.0516. The number of ether oxygens (including phenoxy) is 1. The van der Waals surface area contributed by atoms with Crippen LogP contribution in [0.3, 0.4) is 0 Å². The minimum atomic E-state index is -1.21. The number of nitrogens with one attached hydrogen (secondary N) is 1. The van der Waals surface area contributed by atoms with Gasteiger partial charge in [0.1, 0.15) is 23.7 Å². The molecule has 1 heterocycles. The molecule has 1 aromatic heterocycles. The zero-order chi connectivity index (χ0) is 16.2. The molecular formula is C17H21NO4. The molecule has 0 fully saturated rings. The Balaban J connectivity index is 1.86. The molecule has 1 aromatic carbocycles. The van der Waals surface area contributed by atoms with Crippen LogP contribution in [0.1, 0.15) is 29.6 Å². The minimum Gasteiger partial charge on any atom is -0.466 e. The normalized spacial score (nSPS) is 13.5. The Labute approximate surface area is 129 Å². The van der Waals surface area contributed by atoms with E-state index in [1.165, 1.54) is 0 Å². The maximum atomic E-state index is 11.7. The van der Waals surface area contributed by atoms with Crippen molar-refractivity contribution in [1.82, 2.24) is 5.32 Å². The van der Waals surface area contributed by atoms with Gasteiger partial charge in [-0.25, -0.2) is 4.79 Å².